The summed E-state index contributed by atoms with van der Waals surface area (Å²) >= 11 is 0. The SMILES string of the molecule is CCOC=C(C(=O)c1ccc(F)cc1)C(=O)c1ccc(C(F)(F)F)cc1[N+](=O)[O-]. The van der Waals surface area contributed by atoms with Crippen molar-refractivity contribution in [3.8, 4) is 0 Å². The maximum atomic E-state index is 13.1. The number of hydrogen-bond donors (Lipinski definition) is 0. The molecule has 0 unspecified atom stereocenters. The van der Waals surface area contributed by atoms with Crippen LogP contribution < -0.4 is 0 Å². The lowest BCUT2D eigenvalue weighted by molar-refractivity contribution is -0.385. The molecule has 6 nitrogen and oxygen atoms in total. The second-order valence-electron chi connectivity index (χ2n) is 5.64. The van der Waals surface area contributed by atoms with Crippen LogP contribution in [0.25, 0.3) is 0 Å². The third-order valence-corrected chi connectivity index (χ3v) is 3.73. The van der Waals surface area contributed by atoms with Crippen molar-refractivity contribution in [3.63, 3.8) is 0 Å². The summed E-state index contributed by atoms with van der Waals surface area (Å²) in [6, 6.07) is 5.46. The lowest BCUT2D eigenvalue weighted by Crippen LogP contribution is -2.17. The van der Waals surface area contributed by atoms with Gasteiger partial charge in [0.2, 0.25) is 5.78 Å². The Morgan fingerprint density at radius 3 is 2.24 bits per heavy atom. The van der Waals surface area contributed by atoms with Crippen LogP contribution in [0.3, 0.4) is 0 Å². The highest BCUT2D eigenvalue weighted by atomic mass is 19.4. The van der Waals surface area contributed by atoms with Gasteiger partial charge in [0.15, 0.2) is 5.78 Å². The first kappa shape index (κ1) is 21.7. The molecule has 0 amide bonds. The Morgan fingerprint density at radius 2 is 1.72 bits per heavy atom. The van der Waals surface area contributed by atoms with E-state index < -0.39 is 50.9 Å². The minimum atomic E-state index is -4.86. The van der Waals surface area contributed by atoms with E-state index in [2.05, 4.69) is 0 Å². The van der Waals surface area contributed by atoms with E-state index in [1.807, 2.05) is 0 Å². The molecule has 2 aromatic rings. The number of alkyl halides is 3. The number of ketones is 2. The van der Waals surface area contributed by atoms with E-state index in [0.717, 1.165) is 30.5 Å². The number of hydrogen-bond acceptors (Lipinski definition) is 5. The van der Waals surface area contributed by atoms with Crippen molar-refractivity contribution in [2.45, 2.75) is 13.1 Å². The minimum Gasteiger partial charge on any atom is -0.501 e. The molecule has 0 aromatic heterocycles. The second kappa shape index (κ2) is 8.63. The van der Waals surface area contributed by atoms with Crippen LogP contribution in [0, 0.1) is 15.9 Å². The smallest absolute Gasteiger partial charge is 0.416 e. The third-order valence-electron chi connectivity index (χ3n) is 3.73. The second-order valence-corrected chi connectivity index (χ2v) is 5.64. The summed E-state index contributed by atoms with van der Waals surface area (Å²) in [6.07, 6.45) is -4.09. The Balaban J connectivity index is 2.55. The van der Waals surface area contributed by atoms with E-state index in [4.69, 9.17) is 4.74 Å². The van der Waals surface area contributed by atoms with Crippen LogP contribution in [0.2, 0.25) is 0 Å². The minimum absolute atomic E-state index is 0.0442. The monoisotopic (exact) mass is 411 g/mol. The first-order valence-corrected chi connectivity index (χ1v) is 8.08. The van der Waals surface area contributed by atoms with Gasteiger partial charge in [-0.2, -0.15) is 13.2 Å². The van der Waals surface area contributed by atoms with Gasteiger partial charge in [0.1, 0.15) is 17.0 Å². The number of nitrogens with zero attached hydrogens (tertiary/aromatic N) is 1. The van der Waals surface area contributed by atoms with Gasteiger partial charge in [0.05, 0.1) is 23.4 Å². The Hall–Kier alpha value is -3.56. The van der Waals surface area contributed by atoms with Crippen molar-refractivity contribution < 1.29 is 36.8 Å². The number of halogens is 4. The number of carbonyl (C=O) groups excluding carboxylic acids is 2. The molecule has 10 heteroatoms. The molecular weight excluding hydrogens is 398 g/mol. The predicted molar refractivity (Wildman–Crippen MR) is 92.9 cm³/mol. The molecule has 0 saturated heterocycles. The summed E-state index contributed by atoms with van der Waals surface area (Å²) in [5, 5.41) is 11.2. The van der Waals surface area contributed by atoms with Crippen molar-refractivity contribution in [1.82, 2.24) is 0 Å². The zero-order valence-electron chi connectivity index (χ0n) is 14.8. The van der Waals surface area contributed by atoms with E-state index in [-0.39, 0.29) is 18.2 Å². The van der Waals surface area contributed by atoms with Gasteiger partial charge in [-0.05, 0) is 43.3 Å². The molecule has 29 heavy (non-hydrogen) atoms. The number of Topliss-reactive ketones (excluding diaryl/α,β-unsaturated/α-hetero) is 2. The van der Waals surface area contributed by atoms with E-state index >= 15 is 0 Å². The highest BCUT2D eigenvalue weighted by Crippen LogP contribution is 2.34. The van der Waals surface area contributed by atoms with Crippen molar-refractivity contribution >= 4 is 17.3 Å². The zero-order chi connectivity index (χ0) is 21.8. The van der Waals surface area contributed by atoms with Gasteiger partial charge in [-0.3, -0.25) is 19.7 Å². The Morgan fingerprint density at radius 1 is 1.10 bits per heavy atom. The molecule has 0 atom stereocenters. The van der Waals surface area contributed by atoms with E-state index in [0.29, 0.717) is 12.1 Å². The summed E-state index contributed by atoms with van der Waals surface area (Å²) in [6.45, 7) is 1.59. The zero-order valence-corrected chi connectivity index (χ0v) is 14.8. The van der Waals surface area contributed by atoms with Crippen molar-refractivity contribution in [2.24, 2.45) is 0 Å². The molecule has 0 saturated carbocycles. The van der Waals surface area contributed by atoms with Crippen molar-refractivity contribution in [3.05, 3.63) is 86.9 Å². The summed E-state index contributed by atoms with van der Waals surface area (Å²) in [5.74, 6) is -2.77. The summed E-state index contributed by atoms with van der Waals surface area (Å²) in [4.78, 5) is 35.5. The first-order valence-electron chi connectivity index (χ1n) is 8.08. The summed E-state index contributed by atoms with van der Waals surface area (Å²) in [5.41, 5.74) is -3.91. The molecule has 2 rings (SSSR count). The number of nitro benzene ring substituents is 1. The molecule has 0 radical (unpaired) electrons. The topological polar surface area (TPSA) is 86.5 Å². The summed E-state index contributed by atoms with van der Waals surface area (Å²) < 4.78 is 56.6. The number of rotatable bonds is 7. The molecule has 0 aliphatic heterocycles. The maximum Gasteiger partial charge on any atom is 0.416 e. The highest BCUT2D eigenvalue weighted by molar-refractivity contribution is 6.31. The number of ether oxygens (including phenoxy) is 1. The fourth-order valence-electron chi connectivity index (χ4n) is 2.33. The number of allylic oxidation sites excluding steroid dienone is 1. The third kappa shape index (κ3) is 5.03. The van der Waals surface area contributed by atoms with E-state index in [1.165, 1.54) is 0 Å². The van der Waals surface area contributed by atoms with Crippen molar-refractivity contribution in [1.29, 1.82) is 0 Å². The molecule has 2 aromatic carbocycles. The normalized spacial score (nSPS) is 11.8. The number of carbonyl (C=O) groups is 2. The van der Waals surface area contributed by atoms with Crippen LogP contribution in [-0.4, -0.2) is 23.1 Å². The lowest BCUT2D eigenvalue weighted by atomic mass is 9.95. The maximum absolute atomic E-state index is 13.1. The van der Waals surface area contributed by atoms with Gasteiger partial charge in [-0.1, -0.05) is 0 Å². The number of nitro groups is 1. The van der Waals surface area contributed by atoms with Gasteiger partial charge in [0.25, 0.3) is 5.69 Å². The molecule has 0 bridgehead atoms. The molecule has 0 spiro atoms. The van der Waals surface area contributed by atoms with Gasteiger partial charge in [-0.25, -0.2) is 4.39 Å². The number of benzene rings is 2. The fraction of sp³-hybridized carbons (Fsp3) is 0.158. The van der Waals surface area contributed by atoms with Crippen LogP contribution in [0.15, 0.2) is 54.3 Å². The standard InChI is InChI=1S/C19H13F4NO5/c1-2-29-10-15(17(25)11-3-6-13(20)7-4-11)18(26)14-8-5-12(19(21,22)23)9-16(14)24(27)28/h3-10H,2H2,1H3. The molecule has 0 fully saturated rings. The Kier molecular flexibility index (Phi) is 6.47. The van der Waals surface area contributed by atoms with Crippen LogP contribution in [0.5, 0.6) is 0 Å². The van der Waals surface area contributed by atoms with Crippen LogP contribution in [-0.2, 0) is 10.9 Å². The molecule has 0 heterocycles. The van der Waals surface area contributed by atoms with E-state index in [9.17, 15) is 37.3 Å². The molecule has 0 aliphatic rings. The van der Waals surface area contributed by atoms with Crippen LogP contribution in [0.1, 0.15) is 33.2 Å². The van der Waals surface area contributed by atoms with Gasteiger partial charge in [0, 0.05) is 11.6 Å². The first-order chi connectivity index (χ1) is 13.6. The average molecular weight is 411 g/mol. The average Bonchev–Trinajstić information content (AvgIpc) is 2.67. The molecular formula is C19H13F4NO5. The lowest BCUT2D eigenvalue weighted by Gasteiger charge is -2.10. The molecule has 0 aliphatic carbocycles. The van der Waals surface area contributed by atoms with Gasteiger partial charge < -0.3 is 4.74 Å². The Bertz CT molecular complexity index is 981. The Labute approximate surface area is 161 Å². The quantitative estimate of drug-likeness (QED) is 0.0960. The van der Waals surface area contributed by atoms with Gasteiger partial charge >= 0.3 is 6.18 Å². The largest absolute Gasteiger partial charge is 0.501 e. The molecule has 0 N–H and O–H groups in total. The van der Waals surface area contributed by atoms with Gasteiger partial charge in [-0.15, -0.1) is 0 Å². The van der Waals surface area contributed by atoms with E-state index in [1.54, 1.807) is 6.92 Å². The fourth-order valence-corrected chi connectivity index (χ4v) is 2.33. The summed E-state index contributed by atoms with van der Waals surface area (Å²) in [7, 11) is 0. The van der Waals surface area contributed by atoms with Crippen LogP contribution in [0.4, 0.5) is 23.2 Å². The molecule has 152 valence electrons. The highest BCUT2D eigenvalue weighted by Gasteiger charge is 2.35. The van der Waals surface area contributed by atoms with Crippen molar-refractivity contribution in [2.75, 3.05) is 6.61 Å². The predicted octanol–water partition coefficient (Wildman–Crippen LogP) is 4.74. The van der Waals surface area contributed by atoms with Crippen LogP contribution >= 0.6 is 0 Å².